The molecule has 0 atom stereocenters. The molecule has 0 aromatic heterocycles. The SMILES string of the molecule is CN(C)CCN(C)c1ccc2c(c1)NC(=O)CN(c1ccc(C(F)(F)F)cc1)C2=O. The molecule has 9 heteroatoms. The Morgan fingerprint density at radius 1 is 1.00 bits per heavy atom. The number of likely N-dealkylation sites (N-methyl/N-ethyl adjacent to an activating group) is 2. The molecule has 0 saturated carbocycles. The van der Waals surface area contributed by atoms with Crippen molar-refractivity contribution in [1.82, 2.24) is 4.90 Å². The lowest BCUT2D eigenvalue weighted by Crippen LogP contribution is -2.35. The van der Waals surface area contributed by atoms with E-state index in [0.717, 1.165) is 30.9 Å². The molecule has 0 spiro atoms. The highest BCUT2D eigenvalue weighted by Crippen LogP contribution is 2.32. The van der Waals surface area contributed by atoms with Gasteiger partial charge in [-0.1, -0.05) is 0 Å². The molecule has 1 N–H and O–H groups in total. The number of amides is 2. The van der Waals surface area contributed by atoms with Gasteiger partial charge in [-0.05, 0) is 56.6 Å². The summed E-state index contributed by atoms with van der Waals surface area (Å²) in [5.41, 5.74) is 0.915. The number of benzene rings is 2. The maximum Gasteiger partial charge on any atom is 0.416 e. The van der Waals surface area contributed by atoms with Crippen LogP contribution in [0, 0.1) is 0 Å². The molecule has 1 aliphatic rings. The molecule has 2 amide bonds. The average Bonchev–Trinajstić information content (AvgIpc) is 2.81. The summed E-state index contributed by atoms with van der Waals surface area (Å²) in [5, 5.41) is 2.73. The van der Waals surface area contributed by atoms with Crippen LogP contribution in [-0.4, -0.2) is 57.5 Å². The molecule has 0 fully saturated rings. The fraction of sp³-hybridized carbons (Fsp3) is 0.333. The number of anilines is 3. The van der Waals surface area contributed by atoms with Crippen LogP contribution in [0.4, 0.5) is 30.2 Å². The number of rotatable bonds is 5. The second-order valence-corrected chi connectivity index (χ2v) is 7.44. The van der Waals surface area contributed by atoms with E-state index in [4.69, 9.17) is 0 Å². The van der Waals surface area contributed by atoms with Crippen LogP contribution in [0.15, 0.2) is 42.5 Å². The van der Waals surface area contributed by atoms with Crippen molar-refractivity contribution in [2.45, 2.75) is 6.18 Å². The van der Waals surface area contributed by atoms with Gasteiger partial charge in [-0.25, -0.2) is 0 Å². The van der Waals surface area contributed by atoms with Crippen LogP contribution in [0.1, 0.15) is 15.9 Å². The predicted molar refractivity (Wildman–Crippen MR) is 110 cm³/mol. The number of carbonyl (C=O) groups is 2. The standard InChI is InChI=1S/C21H23F3N4O2/c1-26(2)10-11-27(3)16-8-9-17-18(12-16)25-19(29)13-28(20(17)30)15-6-4-14(5-7-15)21(22,23)24/h4-9,12H,10-11,13H2,1-3H3,(H,25,29). The number of alkyl halides is 3. The summed E-state index contributed by atoms with van der Waals surface area (Å²) in [5.74, 6) is -0.874. The highest BCUT2D eigenvalue weighted by molar-refractivity contribution is 6.17. The van der Waals surface area contributed by atoms with Gasteiger partial charge in [0.05, 0.1) is 16.8 Å². The number of halogens is 3. The predicted octanol–water partition coefficient (Wildman–Crippen LogP) is 3.30. The van der Waals surface area contributed by atoms with Crippen molar-refractivity contribution >= 4 is 28.9 Å². The molecule has 3 rings (SSSR count). The van der Waals surface area contributed by atoms with E-state index >= 15 is 0 Å². The van der Waals surface area contributed by atoms with Gasteiger partial charge in [-0.2, -0.15) is 13.2 Å². The molecule has 2 aromatic carbocycles. The normalized spacial score (nSPS) is 14.4. The minimum atomic E-state index is -4.47. The lowest BCUT2D eigenvalue weighted by atomic mass is 10.1. The molecule has 0 unspecified atom stereocenters. The van der Waals surface area contributed by atoms with Crippen LogP contribution in [0.25, 0.3) is 0 Å². The minimum absolute atomic E-state index is 0.225. The summed E-state index contributed by atoms with van der Waals surface area (Å²) in [7, 11) is 5.86. The second-order valence-electron chi connectivity index (χ2n) is 7.44. The Balaban J connectivity index is 1.89. The third-order valence-corrected chi connectivity index (χ3v) is 4.88. The summed E-state index contributed by atoms with van der Waals surface area (Å²) >= 11 is 0. The molecule has 30 heavy (non-hydrogen) atoms. The lowest BCUT2D eigenvalue weighted by molar-refractivity contribution is -0.137. The van der Waals surface area contributed by atoms with Gasteiger partial charge in [0, 0.05) is 31.5 Å². The number of carbonyl (C=O) groups excluding carboxylic acids is 2. The van der Waals surface area contributed by atoms with Gasteiger partial charge in [0.2, 0.25) is 5.91 Å². The van der Waals surface area contributed by atoms with E-state index in [0.29, 0.717) is 5.69 Å². The van der Waals surface area contributed by atoms with Gasteiger partial charge in [-0.15, -0.1) is 0 Å². The van der Waals surface area contributed by atoms with Crippen LogP contribution < -0.4 is 15.1 Å². The third kappa shape index (κ3) is 4.73. The molecule has 6 nitrogen and oxygen atoms in total. The molecule has 1 heterocycles. The van der Waals surface area contributed by atoms with E-state index in [1.54, 1.807) is 18.2 Å². The summed E-state index contributed by atoms with van der Waals surface area (Å²) in [6.07, 6.45) is -4.47. The second kappa shape index (κ2) is 8.35. The molecular formula is C21H23F3N4O2. The summed E-state index contributed by atoms with van der Waals surface area (Å²) in [4.78, 5) is 30.7. The van der Waals surface area contributed by atoms with E-state index in [-0.39, 0.29) is 17.8 Å². The van der Waals surface area contributed by atoms with Crippen molar-refractivity contribution in [2.75, 3.05) is 55.9 Å². The van der Waals surface area contributed by atoms with E-state index in [1.807, 2.05) is 30.9 Å². The van der Waals surface area contributed by atoms with E-state index in [9.17, 15) is 22.8 Å². The van der Waals surface area contributed by atoms with Crippen LogP contribution in [0.3, 0.4) is 0 Å². The Morgan fingerprint density at radius 3 is 2.27 bits per heavy atom. The molecule has 1 aliphatic heterocycles. The zero-order valence-corrected chi connectivity index (χ0v) is 17.0. The van der Waals surface area contributed by atoms with Gasteiger partial charge in [0.15, 0.2) is 0 Å². The van der Waals surface area contributed by atoms with Crippen molar-refractivity contribution in [3.63, 3.8) is 0 Å². The first-order chi connectivity index (χ1) is 14.1. The maximum absolute atomic E-state index is 13.1. The lowest BCUT2D eigenvalue weighted by Gasteiger charge is -2.23. The Morgan fingerprint density at radius 2 is 1.67 bits per heavy atom. The summed E-state index contributed by atoms with van der Waals surface area (Å²) < 4.78 is 38.4. The van der Waals surface area contributed by atoms with Crippen LogP contribution >= 0.6 is 0 Å². The maximum atomic E-state index is 13.1. The van der Waals surface area contributed by atoms with Crippen molar-refractivity contribution < 1.29 is 22.8 Å². The molecule has 0 bridgehead atoms. The van der Waals surface area contributed by atoms with E-state index in [1.165, 1.54) is 17.0 Å². The molecule has 0 saturated heterocycles. The van der Waals surface area contributed by atoms with Gasteiger partial charge in [-0.3, -0.25) is 14.5 Å². The zero-order valence-electron chi connectivity index (χ0n) is 17.0. The first-order valence-electron chi connectivity index (χ1n) is 9.35. The fourth-order valence-electron chi connectivity index (χ4n) is 3.13. The number of hydrogen-bond acceptors (Lipinski definition) is 4. The minimum Gasteiger partial charge on any atom is -0.373 e. The molecule has 0 aliphatic carbocycles. The van der Waals surface area contributed by atoms with Gasteiger partial charge in [0.25, 0.3) is 5.91 Å². The first kappa shape index (κ1) is 21.6. The molecule has 2 aromatic rings. The topological polar surface area (TPSA) is 55.9 Å². The Hall–Kier alpha value is -3.07. The van der Waals surface area contributed by atoms with Gasteiger partial charge >= 0.3 is 6.18 Å². The molecule has 160 valence electrons. The number of nitrogens with one attached hydrogen (secondary N) is 1. The smallest absolute Gasteiger partial charge is 0.373 e. The van der Waals surface area contributed by atoms with E-state index in [2.05, 4.69) is 5.32 Å². The van der Waals surface area contributed by atoms with Gasteiger partial charge in [0.1, 0.15) is 6.54 Å². The van der Waals surface area contributed by atoms with Gasteiger partial charge < -0.3 is 15.1 Å². The highest BCUT2D eigenvalue weighted by Gasteiger charge is 2.32. The van der Waals surface area contributed by atoms with Crippen molar-refractivity contribution in [2.24, 2.45) is 0 Å². The Bertz CT molecular complexity index is 942. The largest absolute Gasteiger partial charge is 0.416 e. The van der Waals surface area contributed by atoms with Crippen molar-refractivity contribution in [3.05, 3.63) is 53.6 Å². The quantitative estimate of drug-likeness (QED) is 0.807. The summed E-state index contributed by atoms with van der Waals surface area (Å²) in [6, 6.07) is 9.34. The fourth-order valence-corrected chi connectivity index (χ4v) is 3.13. The Kier molecular flexibility index (Phi) is 6.02. The zero-order chi connectivity index (χ0) is 22.1. The molecular weight excluding hydrogens is 397 g/mol. The van der Waals surface area contributed by atoms with Crippen LogP contribution in [-0.2, 0) is 11.0 Å². The highest BCUT2D eigenvalue weighted by atomic mass is 19.4. The first-order valence-corrected chi connectivity index (χ1v) is 9.35. The van der Waals surface area contributed by atoms with Crippen LogP contribution in [0.2, 0.25) is 0 Å². The van der Waals surface area contributed by atoms with Crippen LogP contribution in [0.5, 0.6) is 0 Å². The summed E-state index contributed by atoms with van der Waals surface area (Å²) in [6.45, 7) is 1.30. The third-order valence-electron chi connectivity index (χ3n) is 4.88. The van der Waals surface area contributed by atoms with Crippen molar-refractivity contribution in [3.8, 4) is 0 Å². The monoisotopic (exact) mass is 420 g/mol. The Labute approximate surface area is 172 Å². The average molecular weight is 420 g/mol. The number of fused-ring (bicyclic) bond motifs is 1. The molecule has 0 radical (unpaired) electrons. The number of hydrogen-bond donors (Lipinski definition) is 1. The van der Waals surface area contributed by atoms with Crippen molar-refractivity contribution in [1.29, 1.82) is 0 Å². The van der Waals surface area contributed by atoms with E-state index < -0.39 is 23.6 Å². The number of nitrogens with zero attached hydrogens (tertiary/aromatic N) is 3.